The fourth-order valence-electron chi connectivity index (χ4n) is 2.06. The first-order valence-corrected chi connectivity index (χ1v) is 6.82. The number of nitrogens with zero attached hydrogens (tertiary/aromatic N) is 1. The number of halogens is 1. The molecule has 1 aromatic heterocycles. The van der Waals surface area contributed by atoms with Crippen LogP contribution in [0.25, 0.3) is 16.7 Å². The predicted molar refractivity (Wildman–Crippen MR) is 80.9 cm³/mol. The molecule has 0 aliphatic heterocycles. The fraction of sp³-hybridized carbons (Fsp3) is 0.0714. The van der Waals surface area contributed by atoms with Crippen LogP contribution in [0, 0.1) is 11.7 Å². The Morgan fingerprint density at radius 1 is 1.11 bits per heavy atom. The second-order valence-corrected chi connectivity index (χ2v) is 5.56. The van der Waals surface area contributed by atoms with Crippen LogP contribution in [-0.4, -0.2) is 9.55 Å². The molecule has 0 bridgehead atoms. The van der Waals surface area contributed by atoms with Gasteiger partial charge in [0.25, 0.3) is 0 Å². The lowest BCUT2D eigenvalue weighted by atomic mass is 10.2. The van der Waals surface area contributed by atoms with Crippen LogP contribution in [0.5, 0.6) is 0 Å². The third-order valence-electron chi connectivity index (χ3n) is 2.92. The molecule has 0 radical (unpaired) electrons. The summed E-state index contributed by atoms with van der Waals surface area (Å²) in [7, 11) is 0. The SMILES string of the molecule is Cc1ccc2[nH]c(=S)n(-c3ccc(Br)cc3)c2c1. The molecule has 1 N–H and O–H groups in total. The number of aromatic amines is 1. The lowest BCUT2D eigenvalue weighted by molar-refractivity contribution is 1.06. The fourth-order valence-corrected chi connectivity index (χ4v) is 2.64. The maximum absolute atomic E-state index is 5.41. The Hall–Kier alpha value is -1.39. The van der Waals surface area contributed by atoms with Gasteiger partial charge in [0.05, 0.1) is 11.0 Å². The first kappa shape index (κ1) is 11.7. The van der Waals surface area contributed by atoms with Gasteiger partial charge in [-0.15, -0.1) is 0 Å². The van der Waals surface area contributed by atoms with E-state index >= 15 is 0 Å². The number of hydrogen-bond acceptors (Lipinski definition) is 1. The molecule has 90 valence electrons. The minimum absolute atomic E-state index is 0.720. The number of rotatable bonds is 1. The van der Waals surface area contributed by atoms with Crippen LogP contribution in [0.2, 0.25) is 0 Å². The number of H-pyrrole nitrogens is 1. The number of hydrogen-bond donors (Lipinski definition) is 1. The molecule has 18 heavy (non-hydrogen) atoms. The highest BCUT2D eigenvalue weighted by Crippen LogP contribution is 2.22. The van der Waals surface area contributed by atoms with Gasteiger partial charge in [0, 0.05) is 10.2 Å². The lowest BCUT2D eigenvalue weighted by Crippen LogP contribution is -1.93. The van der Waals surface area contributed by atoms with Crippen molar-refractivity contribution in [3.8, 4) is 5.69 Å². The zero-order valence-electron chi connectivity index (χ0n) is 9.77. The summed E-state index contributed by atoms with van der Waals surface area (Å²) < 4.78 is 3.84. The van der Waals surface area contributed by atoms with Crippen molar-refractivity contribution in [3.63, 3.8) is 0 Å². The molecule has 1 heterocycles. The molecule has 2 nitrogen and oxygen atoms in total. The average Bonchev–Trinajstić information content (AvgIpc) is 2.66. The van der Waals surface area contributed by atoms with Gasteiger partial charge in [0.2, 0.25) is 0 Å². The molecule has 0 fully saturated rings. The molecule has 2 aromatic carbocycles. The summed E-state index contributed by atoms with van der Waals surface area (Å²) >= 11 is 8.85. The van der Waals surface area contributed by atoms with E-state index in [4.69, 9.17) is 12.2 Å². The van der Waals surface area contributed by atoms with Gasteiger partial charge < -0.3 is 4.98 Å². The van der Waals surface area contributed by atoms with E-state index in [1.807, 2.05) is 12.1 Å². The van der Waals surface area contributed by atoms with Crippen molar-refractivity contribution in [1.82, 2.24) is 9.55 Å². The van der Waals surface area contributed by atoms with Crippen molar-refractivity contribution in [1.29, 1.82) is 0 Å². The molecule has 0 unspecified atom stereocenters. The summed E-state index contributed by atoms with van der Waals surface area (Å²) in [6.45, 7) is 2.08. The normalized spacial score (nSPS) is 11.0. The number of imidazole rings is 1. The monoisotopic (exact) mass is 318 g/mol. The Balaban J connectivity index is 2.34. The second-order valence-electron chi connectivity index (χ2n) is 4.26. The maximum Gasteiger partial charge on any atom is 0.182 e. The number of benzene rings is 2. The highest BCUT2D eigenvalue weighted by Gasteiger charge is 2.06. The molecule has 0 aliphatic carbocycles. The zero-order valence-corrected chi connectivity index (χ0v) is 12.2. The molecule has 0 atom stereocenters. The van der Waals surface area contributed by atoms with E-state index < -0.39 is 0 Å². The Kier molecular flexibility index (Phi) is 2.84. The standard InChI is InChI=1S/C14H11BrN2S/c1-9-2-7-12-13(8-9)17(14(18)16-12)11-5-3-10(15)4-6-11/h2-8H,1H3,(H,16,18). The van der Waals surface area contributed by atoms with Crippen LogP contribution in [0.3, 0.4) is 0 Å². The Morgan fingerprint density at radius 2 is 1.83 bits per heavy atom. The summed E-state index contributed by atoms with van der Waals surface area (Å²) in [6, 6.07) is 14.4. The van der Waals surface area contributed by atoms with Gasteiger partial charge in [-0.25, -0.2) is 0 Å². The van der Waals surface area contributed by atoms with Crippen LogP contribution in [0.1, 0.15) is 5.56 Å². The maximum atomic E-state index is 5.41. The number of aromatic nitrogens is 2. The molecule has 4 heteroatoms. The van der Waals surface area contributed by atoms with Gasteiger partial charge in [-0.1, -0.05) is 22.0 Å². The third-order valence-corrected chi connectivity index (χ3v) is 3.74. The first-order valence-electron chi connectivity index (χ1n) is 5.62. The van der Waals surface area contributed by atoms with E-state index in [0.717, 1.165) is 26.0 Å². The van der Waals surface area contributed by atoms with Crippen molar-refractivity contribution < 1.29 is 0 Å². The van der Waals surface area contributed by atoms with Crippen molar-refractivity contribution >= 4 is 39.2 Å². The molecular formula is C14H11BrN2S. The first-order chi connectivity index (χ1) is 8.65. The summed E-state index contributed by atoms with van der Waals surface area (Å²) in [6.07, 6.45) is 0. The molecule has 3 aromatic rings. The lowest BCUT2D eigenvalue weighted by Gasteiger charge is -2.05. The summed E-state index contributed by atoms with van der Waals surface area (Å²) in [4.78, 5) is 3.23. The summed E-state index contributed by atoms with van der Waals surface area (Å²) in [5.41, 5.74) is 4.47. The van der Waals surface area contributed by atoms with E-state index in [-0.39, 0.29) is 0 Å². The van der Waals surface area contributed by atoms with Crippen molar-refractivity contribution in [3.05, 3.63) is 57.3 Å². The molecule has 3 rings (SSSR count). The molecule has 0 spiro atoms. The van der Waals surface area contributed by atoms with E-state index in [1.165, 1.54) is 5.56 Å². The quantitative estimate of drug-likeness (QED) is 0.641. The van der Waals surface area contributed by atoms with Gasteiger partial charge in [-0.05, 0) is 61.1 Å². The van der Waals surface area contributed by atoms with Crippen molar-refractivity contribution in [2.45, 2.75) is 6.92 Å². The van der Waals surface area contributed by atoms with Gasteiger partial charge in [-0.3, -0.25) is 4.57 Å². The van der Waals surface area contributed by atoms with Crippen molar-refractivity contribution in [2.24, 2.45) is 0 Å². The van der Waals surface area contributed by atoms with E-state index in [9.17, 15) is 0 Å². The Labute approximate surface area is 118 Å². The highest BCUT2D eigenvalue weighted by atomic mass is 79.9. The predicted octanol–water partition coefficient (Wildman–Crippen LogP) is 4.76. The van der Waals surface area contributed by atoms with Crippen molar-refractivity contribution in [2.75, 3.05) is 0 Å². The minimum atomic E-state index is 0.720. The Bertz CT molecular complexity index is 769. The number of fused-ring (bicyclic) bond motifs is 1. The number of aryl methyl sites for hydroxylation is 1. The van der Waals surface area contributed by atoms with E-state index in [0.29, 0.717) is 0 Å². The molecular weight excluding hydrogens is 308 g/mol. The third kappa shape index (κ3) is 1.91. The van der Waals surface area contributed by atoms with E-state index in [1.54, 1.807) is 0 Å². The number of nitrogens with one attached hydrogen (secondary N) is 1. The molecule has 0 amide bonds. The van der Waals surface area contributed by atoms with Crippen LogP contribution in [0.15, 0.2) is 46.9 Å². The molecule has 0 saturated carbocycles. The Morgan fingerprint density at radius 3 is 2.56 bits per heavy atom. The topological polar surface area (TPSA) is 20.7 Å². The molecule has 0 aliphatic rings. The van der Waals surface area contributed by atoms with Gasteiger partial charge in [0.15, 0.2) is 4.77 Å². The smallest absolute Gasteiger partial charge is 0.182 e. The van der Waals surface area contributed by atoms with Crippen LogP contribution >= 0.6 is 28.1 Å². The van der Waals surface area contributed by atoms with Crippen LogP contribution < -0.4 is 0 Å². The van der Waals surface area contributed by atoms with Gasteiger partial charge in [-0.2, -0.15) is 0 Å². The van der Waals surface area contributed by atoms with Crippen LogP contribution in [-0.2, 0) is 0 Å². The summed E-state index contributed by atoms with van der Waals surface area (Å²) in [5, 5.41) is 0. The van der Waals surface area contributed by atoms with Gasteiger partial charge in [0.1, 0.15) is 0 Å². The highest BCUT2D eigenvalue weighted by molar-refractivity contribution is 9.10. The minimum Gasteiger partial charge on any atom is -0.330 e. The average molecular weight is 319 g/mol. The largest absolute Gasteiger partial charge is 0.330 e. The second kappa shape index (κ2) is 4.37. The van der Waals surface area contributed by atoms with E-state index in [2.05, 4.69) is 62.7 Å². The van der Waals surface area contributed by atoms with Crippen LogP contribution in [0.4, 0.5) is 0 Å². The molecule has 0 saturated heterocycles. The van der Waals surface area contributed by atoms with Gasteiger partial charge >= 0.3 is 0 Å². The summed E-state index contributed by atoms with van der Waals surface area (Å²) in [5.74, 6) is 0. The zero-order chi connectivity index (χ0) is 12.7.